The molecule has 1 aliphatic heterocycles. The molecule has 3 aromatic rings. The molecule has 0 unspecified atom stereocenters. The molecular formula is C27H26N2. The van der Waals surface area contributed by atoms with Crippen LogP contribution < -0.4 is 5.32 Å². The van der Waals surface area contributed by atoms with E-state index in [2.05, 4.69) is 103 Å². The molecule has 144 valence electrons. The minimum absolute atomic E-state index is 0.334. The summed E-state index contributed by atoms with van der Waals surface area (Å²) in [7, 11) is 0. The molecule has 2 aliphatic rings. The van der Waals surface area contributed by atoms with E-state index in [0.717, 1.165) is 17.7 Å². The van der Waals surface area contributed by atoms with Crippen LogP contribution in [0.15, 0.2) is 83.9 Å². The van der Waals surface area contributed by atoms with Gasteiger partial charge in [0.25, 0.3) is 0 Å². The first-order valence-electron chi connectivity index (χ1n) is 10.4. The maximum atomic E-state index is 4.65. The van der Waals surface area contributed by atoms with Gasteiger partial charge in [0.1, 0.15) is 0 Å². The highest BCUT2D eigenvalue weighted by Gasteiger charge is 2.37. The molecule has 2 heteroatoms. The number of nitrogens with zero attached hydrogens (tertiary/aromatic N) is 1. The fourth-order valence-electron chi connectivity index (χ4n) is 4.61. The quantitative estimate of drug-likeness (QED) is 0.390. The van der Waals surface area contributed by atoms with Gasteiger partial charge in [0, 0.05) is 17.8 Å². The van der Waals surface area contributed by atoms with Gasteiger partial charge in [-0.2, -0.15) is 0 Å². The molecule has 1 aliphatic carbocycles. The van der Waals surface area contributed by atoms with Gasteiger partial charge in [-0.05, 0) is 61.1 Å². The van der Waals surface area contributed by atoms with Crippen LogP contribution in [0.3, 0.4) is 0 Å². The van der Waals surface area contributed by atoms with Crippen molar-refractivity contribution in [3.63, 3.8) is 0 Å². The molecule has 0 bridgehead atoms. The predicted octanol–water partition coefficient (Wildman–Crippen LogP) is 6.88. The first kappa shape index (κ1) is 17.9. The summed E-state index contributed by atoms with van der Waals surface area (Å²) in [6, 6.07) is 24.3. The Morgan fingerprint density at radius 3 is 2.45 bits per heavy atom. The Bertz CT molecular complexity index is 1070. The van der Waals surface area contributed by atoms with E-state index in [1.165, 1.54) is 27.9 Å². The van der Waals surface area contributed by atoms with Crippen molar-refractivity contribution in [2.24, 2.45) is 10.9 Å². The number of anilines is 1. The van der Waals surface area contributed by atoms with Crippen LogP contribution in [0.2, 0.25) is 0 Å². The van der Waals surface area contributed by atoms with Crippen molar-refractivity contribution in [3.8, 4) is 0 Å². The van der Waals surface area contributed by atoms with Crippen molar-refractivity contribution in [2.75, 3.05) is 5.32 Å². The van der Waals surface area contributed by atoms with E-state index in [4.69, 9.17) is 0 Å². The van der Waals surface area contributed by atoms with E-state index in [1.54, 1.807) is 0 Å². The van der Waals surface area contributed by atoms with Gasteiger partial charge in [-0.3, -0.25) is 4.99 Å². The summed E-state index contributed by atoms with van der Waals surface area (Å²) >= 11 is 0. The van der Waals surface area contributed by atoms with Crippen LogP contribution in [-0.4, -0.2) is 6.21 Å². The van der Waals surface area contributed by atoms with Gasteiger partial charge in [0.15, 0.2) is 0 Å². The van der Waals surface area contributed by atoms with E-state index in [9.17, 15) is 0 Å². The lowest BCUT2D eigenvalue weighted by atomic mass is 9.76. The lowest BCUT2D eigenvalue weighted by Crippen LogP contribution is -2.29. The molecule has 1 N–H and O–H groups in total. The Morgan fingerprint density at radius 2 is 1.66 bits per heavy atom. The lowest BCUT2D eigenvalue weighted by Gasteiger charge is -2.37. The van der Waals surface area contributed by atoms with Crippen LogP contribution in [0.25, 0.3) is 0 Å². The summed E-state index contributed by atoms with van der Waals surface area (Å²) in [5.74, 6) is 1.08. The highest BCUT2D eigenvalue weighted by molar-refractivity contribution is 5.81. The molecule has 0 fully saturated rings. The number of nitrogens with one attached hydrogen (secondary N) is 1. The van der Waals surface area contributed by atoms with Crippen molar-refractivity contribution in [1.29, 1.82) is 0 Å². The van der Waals surface area contributed by atoms with E-state index in [1.807, 2.05) is 6.21 Å². The summed E-state index contributed by atoms with van der Waals surface area (Å²) in [6.45, 7) is 4.28. The van der Waals surface area contributed by atoms with E-state index >= 15 is 0 Å². The fraction of sp³-hybridized carbons (Fsp3) is 0.222. The molecule has 0 saturated heterocycles. The van der Waals surface area contributed by atoms with Gasteiger partial charge in [-0.15, -0.1) is 0 Å². The molecule has 0 spiro atoms. The largest absolute Gasteiger partial charge is 0.378 e. The highest BCUT2D eigenvalue weighted by Crippen LogP contribution is 2.49. The predicted molar refractivity (Wildman–Crippen MR) is 122 cm³/mol. The van der Waals surface area contributed by atoms with Crippen molar-refractivity contribution in [2.45, 2.75) is 32.2 Å². The topological polar surface area (TPSA) is 24.4 Å². The van der Waals surface area contributed by atoms with Gasteiger partial charge in [0.05, 0.1) is 11.7 Å². The van der Waals surface area contributed by atoms with E-state index in [0.29, 0.717) is 17.9 Å². The molecule has 5 rings (SSSR count). The summed E-state index contributed by atoms with van der Waals surface area (Å²) < 4.78 is 0. The zero-order valence-electron chi connectivity index (χ0n) is 17.0. The number of fused-ring (bicyclic) bond motifs is 3. The average molecular weight is 379 g/mol. The molecule has 3 atom stereocenters. The van der Waals surface area contributed by atoms with Crippen molar-refractivity contribution >= 4 is 17.6 Å². The number of aryl methyl sites for hydroxylation is 2. The molecule has 0 radical (unpaired) electrons. The Morgan fingerprint density at radius 1 is 0.897 bits per heavy atom. The number of hydrogen-bond acceptors (Lipinski definition) is 2. The molecular weight excluding hydrogens is 352 g/mol. The molecule has 1 heterocycles. The number of hydrogen-bond donors (Lipinski definition) is 1. The van der Waals surface area contributed by atoms with Crippen LogP contribution in [0, 0.1) is 19.8 Å². The Labute approximate surface area is 173 Å². The normalized spacial score (nSPS) is 22.3. The third-order valence-corrected chi connectivity index (χ3v) is 6.21. The zero-order valence-corrected chi connectivity index (χ0v) is 17.0. The second-order valence-electron chi connectivity index (χ2n) is 8.33. The molecule has 0 amide bonds. The monoisotopic (exact) mass is 378 g/mol. The van der Waals surface area contributed by atoms with Crippen molar-refractivity contribution in [1.82, 2.24) is 0 Å². The maximum absolute atomic E-state index is 4.65. The minimum atomic E-state index is 0.334. The molecule has 0 aromatic heterocycles. The maximum Gasteiger partial charge on any atom is 0.0630 e. The molecule has 0 saturated carbocycles. The Balaban J connectivity index is 1.38. The van der Waals surface area contributed by atoms with Crippen molar-refractivity contribution < 1.29 is 0 Å². The number of rotatable bonds is 3. The van der Waals surface area contributed by atoms with E-state index < -0.39 is 0 Å². The molecule has 3 aromatic carbocycles. The van der Waals surface area contributed by atoms with Crippen LogP contribution in [0.4, 0.5) is 11.4 Å². The Kier molecular flexibility index (Phi) is 4.55. The van der Waals surface area contributed by atoms with E-state index in [-0.39, 0.29) is 0 Å². The Hall–Kier alpha value is -3.13. The van der Waals surface area contributed by atoms with Gasteiger partial charge in [0.2, 0.25) is 0 Å². The SMILES string of the molecule is Cc1ccc(C=Nc2ccc([C@@H]3Nc4ccc(C)cc4[C@H]4C=CC[C@@H]43)cc2)cc1. The number of allylic oxidation sites excluding steroid dienone is 2. The first-order valence-corrected chi connectivity index (χ1v) is 10.4. The van der Waals surface area contributed by atoms with Gasteiger partial charge >= 0.3 is 0 Å². The third-order valence-electron chi connectivity index (χ3n) is 6.21. The first-order chi connectivity index (χ1) is 14.2. The average Bonchev–Trinajstić information content (AvgIpc) is 3.24. The molecule has 29 heavy (non-hydrogen) atoms. The van der Waals surface area contributed by atoms with Crippen LogP contribution >= 0.6 is 0 Å². The highest BCUT2D eigenvalue weighted by atomic mass is 15.0. The lowest BCUT2D eigenvalue weighted by molar-refractivity contribution is 0.425. The summed E-state index contributed by atoms with van der Waals surface area (Å²) in [5, 5.41) is 3.82. The standard InChI is InChI=1S/C27H26N2/c1-18-6-9-20(10-7-18)17-28-22-13-11-21(12-14-22)27-24-5-3-4-23(24)25-16-19(2)8-15-26(25)29-27/h3-4,6-17,23-24,27,29H,5H2,1-2H3/t23-,24-,27-/m0/s1. The fourth-order valence-corrected chi connectivity index (χ4v) is 4.61. The number of aliphatic imine (C=N–C) groups is 1. The summed E-state index contributed by atoms with van der Waals surface area (Å²) in [6.07, 6.45) is 7.81. The second-order valence-corrected chi connectivity index (χ2v) is 8.33. The molecule has 2 nitrogen and oxygen atoms in total. The summed E-state index contributed by atoms with van der Waals surface area (Å²) in [4.78, 5) is 4.65. The van der Waals surface area contributed by atoms with Crippen LogP contribution in [-0.2, 0) is 0 Å². The van der Waals surface area contributed by atoms with Crippen LogP contribution in [0.5, 0.6) is 0 Å². The van der Waals surface area contributed by atoms with Gasteiger partial charge < -0.3 is 5.32 Å². The second kappa shape index (κ2) is 7.36. The summed E-state index contributed by atoms with van der Waals surface area (Å²) in [5.41, 5.74) is 8.77. The third kappa shape index (κ3) is 3.51. The van der Waals surface area contributed by atoms with Gasteiger partial charge in [-0.1, -0.05) is 71.8 Å². The van der Waals surface area contributed by atoms with Gasteiger partial charge in [-0.25, -0.2) is 0 Å². The zero-order chi connectivity index (χ0) is 19.8. The minimum Gasteiger partial charge on any atom is -0.378 e. The van der Waals surface area contributed by atoms with Crippen molar-refractivity contribution in [3.05, 3.63) is 107 Å². The number of benzene rings is 3. The van der Waals surface area contributed by atoms with Crippen LogP contribution in [0.1, 0.15) is 46.2 Å². The smallest absolute Gasteiger partial charge is 0.0630 e.